The van der Waals surface area contributed by atoms with Gasteiger partial charge in [0.15, 0.2) is 0 Å². The molecule has 0 atom stereocenters. The van der Waals surface area contributed by atoms with Gasteiger partial charge in [-0.3, -0.25) is 0 Å². The molecule has 0 spiro atoms. The first-order valence-electron chi connectivity index (χ1n) is 5.07. The minimum Gasteiger partial charge on any atom is -0.377 e. The van der Waals surface area contributed by atoms with Crippen molar-refractivity contribution in [1.82, 2.24) is 0 Å². The van der Waals surface area contributed by atoms with Gasteiger partial charge in [-0.05, 0) is 42.9 Å². The standard InChI is InChI=1S/C12H17N/c1-13(2)12-9-5-7-10-6-3-4-8-11(10)12/h5,7,9H,3-4,6,8H2,1-2H3. The number of hydrogen-bond acceptors (Lipinski definition) is 1. The second kappa shape index (κ2) is 3.41. The van der Waals surface area contributed by atoms with Gasteiger partial charge in [0, 0.05) is 19.8 Å². The Bertz CT molecular complexity index is 302. The second-order valence-corrected chi connectivity index (χ2v) is 4.02. The van der Waals surface area contributed by atoms with E-state index in [1.807, 2.05) is 0 Å². The molecule has 0 radical (unpaired) electrons. The minimum absolute atomic E-state index is 1.27. The van der Waals surface area contributed by atoms with Crippen molar-refractivity contribution in [3.05, 3.63) is 29.3 Å². The van der Waals surface area contributed by atoms with E-state index in [1.165, 1.54) is 31.4 Å². The average molecular weight is 175 g/mol. The smallest absolute Gasteiger partial charge is 0.0396 e. The summed E-state index contributed by atoms with van der Waals surface area (Å²) in [4.78, 5) is 2.23. The molecule has 0 aromatic heterocycles. The Morgan fingerprint density at radius 3 is 2.62 bits per heavy atom. The molecule has 0 unspecified atom stereocenters. The SMILES string of the molecule is CN(C)c1cccc2c1CCCC2. The quantitative estimate of drug-likeness (QED) is 0.634. The van der Waals surface area contributed by atoms with Gasteiger partial charge in [0.2, 0.25) is 0 Å². The first-order valence-corrected chi connectivity index (χ1v) is 5.07. The number of aryl methyl sites for hydroxylation is 1. The van der Waals surface area contributed by atoms with Crippen molar-refractivity contribution < 1.29 is 0 Å². The number of benzene rings is 1. The Morgan fingerprint density at radius 1 is 1.08 bits per heavy atom. The third kappa shape index (κ3) is 1.55. The molecule has 0 heterocycles. The van der Waals surface area contributed by atoms with Crippen LogP contribution in [-0.2, 0) is 12.8 Å². The average Bonchev–Trinajstić information content (AvgIpc) is 2.17. The zero-order chi connectivity index (χ0) is 9.26. The Hall–Kier alpha value is -0.980. The molecule has 1 aromatic rings. The molecule has 0 aliphatic heterocycles. The summed E-state index contributed by atoms with van der Waals surface area (Å²) in [6.07, 6.45) is 5.27. The molecule has 1 nitrogen and oxygen atoms in total. The number of nitrogens with zero attached hydrogens (tertiary/aromatic N) is 1. The van der Waals surface area contributed by atoms with Crippen molar-refractivity contribution >= 4 is 5.69 Å². The first-order chi connectivity index (χ1) is 6.29. The van der Waals surface area contributed by atoms with Gasteiger partial charge in [0.1, 0.15) is 0 Å². The van der Waals surface area contributed by atoms with E-state index in [-0.39, 0.29) is 0 Å². The number of anilines is 1. The predicted octanol–water partition coefficient (Wildman–Crippen LogP) is 2.63. The highest BCUT2D eigenvalue weighted by Gasteiger charge is 2.13. The van der Waals surface area contributed by atoms with Crippen LogP contribution < -0.4 is 4.90 Å². The topological polar surface area (TPSA) is 3.24 Å². The predicted molar refractivity (Wildman–Crippen MR) is 57.4 cm³/mol. The molecule has 0 N–H and O–H groups in total. The van der Waals surface area contributed by atoms with Crippen LogP contribution in [0.1, 0.15) is 24.0 Å². The molecule has 0 fully saturated rings. The molecule has 1 aliphatic rings. The van der Waals surface area contributed by atoms with Gasteiger partial charge in [-0.15, -0.1) is 0 Å². The molecule has 13 heavy (non-hydrogen) atoms. The van der Waals surface area contributed by atoms with E-state index in [1.54, 1.807) is 11.1 Å². The van der Waals surface area contributed by atoms with Gasteiger partial charge >= 0.3 is 0 Å². The zero-order valence-corrected chi connectivity index (χ0v) is 8.51. The molecule has 0 saturated heterocycles. The van der Waals surface area contributed by atoms with Crippen molar-refractivity contribution in [3.8, 4) is 0 Å². The Kier molecular flexibility index (Phi) is 2.26. The normalized spacial score (nSPS) is 15.2. The lowest BCUT2D eigenvalue weighted by molar-refractivity contribution is 0.684. The molecule has 0 saturated carbocycles. The first kappa shape index (κ1) is 8.61. The largest absolute Gasteiger partial charge is 0.377 e. The van der Waals surface area contributed by atoms with Crippen molar-refractivity contribution in [2.75, 3.05) is 19.0 Å². The molecular formula is C12H17N. The Labute approximate surface area is 80.4 Å². The summed E-state index contributed by atoms with van der Waals surface area (Å²) in [5, 5.41) is 0. The fourth-order valence-corrected chi connectivity index (χ4v) is 2.18. The summed E-state index contributed by atoms with van der Waals surface area (Å²) in [6.45, 7) is 0. The Balaban J connectivity index is 2.46. The van der Waals surface area contributed by atoms with Crippen molar-refractivity contribution in [3.63, 3.8) is 0 Å². The van der Waals surface area contributed by atoms with E-state index in [0.29, 0.717) is 0 Å². The highest BCUT2D eigenvalue weighted by molar-refractivity contribution is 5.56. The number of rotatable bonds is 1. The van der Waals surface area contributed by atoms with Crippen molar-refractivity contribution in [2.24, 2.45) is 0 Å². The fourth-order valence-electron chi connectivity index (χ4n) is 2.18. The van der Waals surface area contributed by atoms with E-state index in [2.05, 4.69) is 37.2 Å². The summed E-state index contributed by atoms with van der Waals surface area (Å²) in [5.41, 5.74) is 4.56. The van der Waals surface area contributed by atoms with Crippen LogP contribution in [0.2, 0.25) is 0 Å². The Morgan fingerprint density at radius 2 is 1.85 bits per heavy atom. The van der Waals surface area contributed by atoms with Gasteiger partial charge in [0.25, 0.3) is 0 Å². The highest BCUT2D eigenvalue weighted by atomic mass is 15.1. The van der Waals surface area contributed by atoms with Gasteiger partial charge in [-0.2, -0.15) is 0 Å². The van der Waals surface area contributed by atoms with Crippen LogP contribution in [0.25, 0.3) is 0 Å². The second-order valence-electron chi connectivity index (χ2n) is 4.02. The number of fused-ring (bicyclic) bond motifs is 1. The number of hydrogen-bond donors (Lipinski definition) is 0. The van der Waals surface area contributed by atoms with Crippen LogP contribution in [0.3, 0.4) is 0 Å². The maximum absolute atomic E-state index is 2.28. The molecular weight excluding hydrogens is 158 g/mol. The molecule has 1 aromatic carbocycles. The van der Waals surface area contributed by atoms with E-state index in [4.69, 9.17) is 0 Å². The van der Waals surface area contributed by atoms with E-state index in [0.717, 1.165) is 0 Å². The molecule has 1 aliphatic carbocycles. The van der Waals surface area contributed by atoms with Crippen LogP contribution in [-0.4, -0.2) is 14.1 Å². The minimum atomic E-state index is 1.27. The van der Waals surface area contributed by atoms with Gasteiger partial charge in [0.05, 0.1) is 0 Å². The van der Waals surface area contributed by atoms with Crippen molar-refractivity contribution in [2.45, 2.75) is 25.7 Å². The third-order valence-corrected chi connectivity index (χ3v) is 2.85. The summed E-state index contributed by atoms with van der Waals surface area (Å²) < 4.78 is 0. The maximum atomic E-state index is 2.28. The van der Waals surface area contributed by atoms with Crippen LogP contribution >= 0.6 is 0 Å². The van der Waals surface area contributed by atoms with Crippen LogP contribution in [0.4, 0.5) is 5.69 Å². The molecule has 0 amide bonds. The van der Waals surface area contributed by atoms with E-state index in [9.17, 15) is 0 Å². The molecule has 70 valence electrons. The summed E-state index contributed by atoms with van der Waals surface area (Å²) >= 11 is 0. The van der Waals surface area contributed by atoms with Gasteiger partial charge < -0.3 is 4.90 Å². The molecule has 2 rings (SSSR count). The van der Waals surface area contributed by atoms with Crippen LogP contribution in [0.15, 0.2) is 18.2 Å². The van der Waals surface area contributed by atoms with E-state index >= 15 is 0 Å². The monoisotopic (exact) mass is 175 g/mol. The van der Waals surface area contributed by atoms with Crippen LogP contribution in [0, 0.1) is 0 Å². The van der Waals surface area contributed by atoms with Crippen LogP contribution in [0.5, 0.6) is 0 Å². The third-order valence-electron chi connectivity index (χ3n) is 2.85. The summed E-state index contributed by atoms with van der Waals surface area (Å²) in [6, 6.07) is 6.69. The lowest BCUT2D eigenvalue weighted by atomic mass is 9.90. The summed E-state index contributed by atoms with van der Waals surface area (Å²) in [5.74, 6) is 0. The fraction of sp³-hybridized carbons (Fsp3) is 0.500. The molecule has 1 heteroatoms. The maximum Gasteiger partial charge on any atom is 0.0396 e. The lowest BCUT2D eigenvalue weighted by Gasteiger charge is -2.23. The van der Waals surface area contributed by atoms with Gasteiger partial charge in [-0.1, -0.05) is 12.1 Å². The lowest BCUT2D eigenvalue weighted by Crippen LogP contribution is -2.14. The van der Waals surface area contributed by atoms with E-state index < -0.39 is 0 Å². The van der Waals surface area contributed by atoms with Gasteiger partial charge in [-0.25, -0.2) is 0 Å². The summed E-state index contributed by atoms with van der Waals surface area (Å²) in [7, 11) is 4.26. The van der Waals surface area contributed by atoms with Crippen molar-refractivity contribution in [1.29, 1.82) is 0 Å². The zero-order valence-electron chi connectivity index (χ0n) is 8.51. The molecule has 0 bridgehead atoms. The highest BCUT2D eigenvalue weighted by Crippen LogP contribution is 2.28.